The highest BCUT2D eigenvalue weighted by atomic mass is 16.5. The summed E-state index contributed by atoms with van der Waals surface area (Å²) in [6, 6.07) is 8.98. The summed E-state index contributed by atoms with van der Waals surface area (Å²) in [7, 11) is 5.37. The molecule has 1 heterocycles. The fourth-order valence-electron chi connectivity index (χ4n) is 2.01. The second kappa shape index (κ2) is 6.89. The number of nitrogens with zero attached hydrogens (tertiary/aromatic N) is 3. The summed E-state index contributed by atoms with van der Waals surface area (Å²) in [5.74, 6) is 1.72. The van der Waals surface area contributed by atoms with Crippen molar-refractivity contribution in [2.45, 2.75) is 13.5 Å². The Kier molecular flexibility index (Phi) is 4.93. The Morgan fingerprint density at radius 2 is 2.00 bits per heavy atom. The van der Waals surface area contributed by atoms with Gasteiger partial charge in [-0.1, -0.05) is 12.1 Å². The van der Waals surface area contributed by atoms with Gasteiger partial charge in [-0.2, -0.15) is 0 Å². The SMILES string of the molecule is COc1ccccc1C(=O)NCc1nc(C)cc(N(C)C)n1. The molecular formula is C16H20N4O2. The van der Waals surface area contributed by atoms with Crippen LogP contribution in [0.1, 0.15) is 21.9 Å². The van der Waals surface area contributed by atoms with Gasteiger partial charge in [-0.3, -0.25) is 4.79 Å². The third-order valence-electron chi connectivity index (χ3n) is 3.10. The number of hydrogen-bond acceptors (Lipinski definition) is 5. The van der Waals surface area contributed by atoms with Crippen LogP contribution in [0.5, 0.6) is 5.75 Å². The highest BCUT2D eigenvalue weighted by Crippen LogP contribution is 2.17. The highest BCUT2D eigenvalue weighted by molar-refractivity contribution is 5.96. The molecule has 1 aromatic heterocycles. The Morgan fingerprint density at radius 3 is 2.68 bits per heavy atom. The van der Waals surface area contributed by atoms with Gasteiger partial charge in [0.15, 0.2) is 0 Å². The zero-order valence-electron chi connectivity index (χ0n) is 13.3. The molecule has 1 N–H and O–H groups in total. The molecular weight excluding hydrogens is 280 g/mol. The third kappa shape index (κ3) is 3.72. The topological polar surface area (TPSA) is 67.3 Å². The van der Waals surface area contributed by atoms with Gasteiger partial charge in [0.2, 0.25) is 0 Å². The van der Waals surface area contributed by atoms with E-state index in [1.165, 1.54) is 0 Å². The maximum absolute atomic E-state index is 12.2. The third-order valence-corrected chi connectivity index (χ3v) is 3.10. The van der Waals surface area contributed by atoms with Crippen molar-refractivity contribution in [3.8, 4) is 5.75 Å². The average Bonchev–Trinajstić information content (AvgIpc) is 2.52. The first-order chi connectivity index (χ1) is 10.5. The van der Waals surface area contributed by atoms with Crippen molar-refractivity contribution in [2.75, 3.05) is 26.1 Å². The van der Waals surface area contributed by atoms with E-state index in [1.54, 1.807) is 25.3 Å². The molecule has 2 rings (SSSR count). The minimum atomic E-state index is -0.214. The molecule has 0 fully saturated rings. The van der Waals surface area contributed by atoms with Gasteiger partial charge in [0.05, 0.1) is 19.2 Å². The van der Waals surface area contributed by atoms with E-state index in [-0.39, 0.29) is 12.5 Å². The lowest BCUT2D eigenvalue weighted by Gasteiger charge is -2.13. The van der Waals surface area contributed by atoms with Crippen LogP contribution >= 0.6 is 0 Å². The van der Waals surface area contributed by atoms with E-state index in [0.717, 1.165) is 11.5 Å². The Morgan fingerprint density at radius 1 is 1.27 bits per heavy atom. The molecule has 0 bridgehead atoms. The van der Waals surface area contributed by atoms with Crippen molar-refractivity contribution in [2.24, 2.45) is 0 Å². The number of rotatable bonds is 5. The molecule has 0 atom stereocenters. The number of ether oxygens (including phenoxy) is 1. The van der Waals surface area contributed by atoms with E-state index in [4.69, 9.17) is 4.74 Å². The number of aromatic nitrogens is 2. The molecule has 0 aliphatic heterocycles. The first kappa shape index (κ1) is 15.8. The summed E-state index contributed by atoms with van der Waals surface area (Å²) >= 11 is 0. The molecule has 0 unspecified atom stereocenters. The summed E-state index contributed by atoms with van der Waals surface area (Å²) in [6.45, 7) is 2.17. The van der Waals surface area contributed by atoms with Gasteiger partial charge >= 0.3 is 0 Å². The minimum absolute atomic E-state index is 0.214. The van der Waals surface area contributed by atoms with Crippen LogP contribution in [-0.4, -0.2) is 37.1 Å². The van der Waals surface area contributed by atoms with E-state index in [9.17, 15) is 4.79 Å². The lowest BCUT2D eigenvalue weighted by atomic mass is 10.2. The number of amides is 1. The predicted octanol–water partition coefficient (Wildman–Crippen LogP) is 1.79. The number of aryl methyl sites for hydroxylation is 1. The second-order valence-corrected chi connectivity index (χ2v) is 5.06. The normalized spacial score (nSPS) is 10.2. The molecule has 0 saturated carbocycles. The lowest BCUT2D eigenvalue weighted by Crippen LogP contribution is -2.25. The Hall–Kier alpha value is -2.63. The molecule has 1 amide bonds. The van der Waals surface area contributed by atoms with Crippen molar-refractivity contribution in [1.82, 2.24) is 15.3 Å². The predicted molar refractivity (Wildman–Crippen MR) is 85.3 cm³/mol. The molecule has 0 radical (unpaired) electrons. The van der Waals surface area contributed by atoms with Crippen molar-refractivity contribution >= 4 is 11.7 Å². The maximum atomic E-state index is 12.2. The zero-order chi connectivity index (χ0) is 16.1. The molecule has 0 spiro atoms. The summed E-state index contributed by atoms with van der Waals surface area (Å²) in [5, 5.41) is 2.82. The largest absolute Gasteiger partial charge is 0.496 e. The first-order valence-electron chi connectivity index (χ1n) is 6.94. The standard InChI is InChI=1S/C16H20N4O2/c1-11-9-15(20(2)3)19-14(18-11)10-17-16(21)12-7-5-6-8-13(12)22-4/h5-9H,10H2,1-4H3,(H,17,21). The number of carbonyl (C=O) groups excluding carboxylic acids is 1. The van der Waals surface area contributed by atoms with Crippen LogP contribution < -0.4 is 15.0 Å². The van der Waals surface area contributed by atoms with Crippen LogP contribution in [-0.2, 0) is 6.54 Å². The zero-order valence-corrected chi connectivity index (χ0v) is 13.3. The van der Waals surface area contributed by atoms with Crippen molar-refractivity contribution in [1.29, 1.82) is 0 Å². The summed E-state index contributed by atoms with van der Waals surface area (Å²) in [5.41, 5.74) is 1.35. The summed E-state index contributed by atoms with van der Waals surface area (Å²) in [4.78, 5) is 22.9. The Balaban J connectivity index is 2.11. The minimum Gasteiger partial charge on any atom is -0.496 e. The molecule has 116 valence electrons. The van der Waals surface area contributed by atoms with Crippen LogP contribution in [0.25, 0.3) is 0 Å². The lowest BCUT2D eigenvalue weighted by molar-refractivity contribution is 0.0947. The number of methoxy groups -OCH3 is 1. The fourth-order valence-corrected chi connectivity index (χ4v) is 2.01. The number of anilines is 1. The van der Waals surface area contributed by atoms with Gasteiger partial charge < -0.3 is 15.0 Å². The number of carbonyl (C=O) groups is 1. The van der Waals surface area contributed by atoms with E-state index in [2.05, 4.69) is 15.3 Å². The van der Waals surface area contributed by atoms with Crippen molar-refractivity contribution < 1.29 is 9.53 Å². The molecule has 0 saturated heterocycles. The van der Waals surface area contributed by atoms with Gasteiger partial charge in [-0.15, -0.1) is 0 Å². The van der Waals surface area contributed by atoms with Crippen LogP contribution in [0.2, 0.25) is 0 Å². The smallest absolute Gasteiger partial charge is 0.255 e. The molecule has 0 aliphatic rings. The maximum Gasteiger partial charge on any atom is 0.255 e. The molecule has 22 heavy (non-hydrogen) atoms. The fraction of sp³-hybridized carbons (Fsp3) is 0.312. The molecule has 0 aliphatic carbocycles. The quantitative estimate of drug-likeness (QED) is 0.912. The van der Waals surface area contributed by atoms with E-state index < -0.39 is 0 Å². The van der Waals surface area contributed by atoms with Crippen LogP contribution in [0.3, 0.4) is 0 Å². The summed E-state index contributed by atoms with van der Waals surface area (Å²) < 4.78 is 5.19. The van der Waals surface area contributed by atoms with Crippen molar-refractivity contribution in [3.05, 3.63) is 47.4 Å². The highest BCUT2D eigenvalue weighted by Gasteiger charge is 2.12. The van der Waals surface area contributed by atoms with Crippen LogP contribution in [0.15, 0.2) is 30.3 Å². The first-order valence-corrected chi connectivity index (χ1v) is 6.94. The number of para-hydroxylation sites is 1. The molecule has 6 heteroatoms. The van der Waals surface area contributed by atoms with E-state index in [0.29, 0.717) is 17.1 Å². The summed E-state index contributed by atoms with van der Waals surface area (Å²) in [6.07, 6.45) is 0. The van der Waals surface area contributed by atoms with E-state index >= 15 is 0 Å². The van der Waals surface area contributed by atoms with Gasteiger partial charge in [0.1, 0.15) is 17.4 Å². The van der Waals surface area contributed by atoms with Gasteiger partial charge in [-0.05, 0) is 19.1 Å². The average molecular weight is 300 g/mol. The van der Waals surface area contributed by atoms with Gasteiger partial charge in [0.25, 0.3) is 5.91 Å². The van der Waals surface area contributed by atoms with Gasteiger partial charge in [0, 0.05) is 25.9 Å². The molecule has 2 aromatic rings. The Bertz CT molecular complexity index is 671. The molecule has 1 aromatic carbocycles. The van der Waals surface area contributed by atoms with Crippen LogP contribution in [0, 0.1) is 6.92 Å². The number of benzene rings is 1. The van der Waals surface area contributed by atoms with Crippen LogP contribution in [0.4, 0.5) is 5.82 Å². The number of nitrogens with one attached hydrogen (secondary N) is 1. The van der Waals surface area contributed by atoms with E-state index in [1.807, 2.05) is 38.1 Å². The number of hydrogen-bond donors (Lipinski definition) is 1. The molecule has 6 nitrogen and oxygen atoms in total. The van der Waals surface area contributed by atoms with Gasteiger partial charge in [-0.25, -0.2) is 9.97 Å². The Labute approximate surface area is 130 Å². The monoisotopic (exact) mass is 300 g/mol. The second-order valence-electron chi connectivity index (χ2n) is 5.06. The van der Waals surface area contributed by atoms with Crippen molar-refractivity contribution in [3.63, 3.8) is 0 Å².